The average molecular weight is 394 g/mol. The lowest BCUT2D eigenvalue weighted by molar-refractivity contribution is 0.159. The van der Waals surface area contributed by atoms with Gasteiger partial charge in [0, 0.05) is 23.5 Å². The monoisotopic (exact) mass is 393 g/mol. The molecule has 0 aliphatic carbocycles. The van der Waals surface area contributed by atoms with E-state index in [-0.39, 0.29) is 0 Å². The minimum absolute atomic E-state index is 0.333. The van der Waals surface area contributed by atoms with Crippen molar-refractivity contribution < 1.29 is 5.11 Å². The number of rotatable bonds is 4. The highest BCUT2D eigenvalue weighted by atomic mass is 32.1. The van der Waals surface area contributed by atoms with E-state index in [9.17, 15) is 5.11 Å². The van der Waals surface area contributed by atoms with Gasteiger partial charge in [-0.1, -0.05) is 23.8 Å². The quantitative estimate of drug-likeness (QED) is 0.575. The molecule has 2 aliphatic rings. The Kier molecular flexibility index (Phi) is 4.64. The van der Waals surface area contributed by atoms with Crippen LogP contribution in [0.25, 0.3) is 5.57 Å². The lowest BCUT2D eigenvalue weighted by Crippen LogP contribution is -2.39. The second kappa shape index (κ2) is 7.27. The van der Waals surface area contributed by atoms with Crippen molar-refractivity contribution in [1.82, 2.24) is 4.90 Å². The summed E-state index contributed by atoms with van der Waals surface area (Å²) in [6.07, 6.45) is 4.94. The van der Waals surface area contributed by atoms with Crippen molar-refractivity contribution in [3.05, 3.63) is 80.2 Å². The van der Waals surface area contributed by atoms with Gasteiger partial charge in [-0.2, -0.15) is 11.3 Å². The summed E-state index contributed by atoms with van der Waals surface area (Å²) in [4.78, 5) is 4.23. The van der Waals surface area contributed by atoms with Gasteiger partial charge in [-0.05, 0) is 82.8 Å². The van der Waals surface area contributed by atoms with Crippen LogP contribution in [-0.4, -0.2) is 22.1 Å². The van der Waals surface area contributed by atoms with Crippen molar-refractivity contribution in [2.24, 2.45) is 0 Å². The maximum atomic E-state index is 9.71. The molecule has 2 atom stereocenters. The van der Waals surface area contributed by atoms with E-state index in [0.29, 0.717) is 17.8 Å². The third-order valence-electron chi connectivity index (χ3n) is 5.97. The molecule has 1 aromatic carbocycles. The Hall–Kier alpha value is -1.88. The van der Waals surface area contributed by atoms with Crippen molar-refractivity contribution >= 4 is 28.2 Å². The van der Waals surface area contributed by atoms with Gasteiger partial charge in [-0.25, -0.2) is 0 Å². The van der Waals surface area contributed by atoms with Gasteiger partial charge in [0.1, 0.15) is 5.75 Å². The van der Waals surface area contributed by atoms with E-state index in [1.54, 1.807) is 16.9 Å². The zero-order valence-corrected chi connectivity index (χ0v) is 16.8. The smallest absolute Gasteiger partial charge is 0.115 e. The zero-order valence-electron chi connectivity index (χ0n) is 15.2. The lowest BCUT2D eigenvalue weighted by atomic mass is 9.86. The van der Waals surface area contributed by atoms with Crippen molar-refractivity contribution in [3.63, 3.8) is 0 Å². The predicted octanol–water partition coefficient (Wildman–Crippen LogP) is 6.14. The molecule has 2 saturated heterocycles. The van der Waals surface area contributed by atoms with Crippen LogP contribution >= 0.6 is 22.7 Å². The fourth-order valence-electron chi connectivity index (χ4n) is 4.76. The van der Waals surface area contributed by atoms with Gasteiger partial charge in [-0.15, -0.1) is 11.3 Å². The van der Waals surface area contributed by atoms with E-state index in [0.717, 1.165) is 19.4 Å². The van der Waals surface area contributed by atoms with Crippen LogP contribution < -0.4 is 0 Å². The number of phenols is 1. The number of thiophene rings is 2. The molecule has 5 rings (SSSR count). The molecule has 0 spiro atoms. The van der Waals surface area contributed by atoms with Crippen molar-refractivity contribution in [2.75, 3.05) is 0 Å². The third kappa shape index (κ3) is 3.38. The molecule has 0 saturated carbocycles. The fraction of sp³-hybridized carbons (Fsp3) is 0.304. The summed E-state index contributed by atoms with van der Waals surface area (Å²) in [6.45, 7) is 1.10. The highest BCUT2D eigenvalue weighted by Gasteiger charge is 2.39. The molecule has 0 amide bonds. The molecule has 3 aromatic rings. The molecule has 138 valence electrons. The molecular weight excluding hydrogens is 370 g/mol. The summed E-state index contributed by atoms with van der Waals surface area (Å²) in [6, 6.07) is 15.7. The first-order chi connectivity index (χ1) is 13.3. The van der Waals surface area contributed by atoms with Crippen LogP contribution in [0.3, 0.4) is 0 Å². The summed E-state index contributed by atoms with van der Waals surface area (Å²) in [7, 11) is 0. The Labute approximate surface area is 168 Å². The van der Waals surface area contributed by atoms with E-state index < -0.39 is 0 Å². The SMILES string of the molecule is Oc1ccc(C(=C2CC3CCC(C2)N3Cc2cccs2)c2ccsc2)cc1. The van der Waals surface area contributed by atoms with Crippen LogP contribution in [0.1, 0.15) is 41.7 Å². The largest absolute Gasteiger partial charge is 0.508 e. The van der Waals surface area contributed by atoms with Gasteiger partial charge in [0.25, 0.3) is 0 Å². The number of benzene rings is 1. The Morgan fingerprint density at radius 3 is 2.37 bits per heavy atom. The van der Waals surface area contributed by atoms with Crippen molar-refractivity contribution in [3.8, 4) is 5.75 Å². The van der Waals surface area contributed by atoms with Gasteiger partial charge in [0.15, 0.2) is 0 Å². The van der Waals surface area contributed by atoms with Crippen molar-refractivity contribution in [1.29, 1.82) is 0 Å². The molecule has 4 heterocycles. The number of nitrogens with zero attached hydrogens (tertiary/aromatic N) is 1. The average Bonchev–Trinajstić information content (AvgIpc) is 3.41. The summed E-state index contributed by atoms with van der Waals surface area (Å²) in [5.74, 6) is 0.333. The Morgan fingerprint density at radius 2 is 1.74 bits per heavy atom. The van der Waals surface area contributed by atoms with Crippen molar-refractivity contribution in [2.45, 2.75) is 44.3 Å². The van der Waals surface area contributed by atoms with Gasteiger partial charge in [-0.3, -0.25) is 4.90 Å². The van der Waals surface area contributed by atoms with Gasteiger partial charge >= 0.3 is 0 Å². The summed E-state index contributed by atoms with van der Waals surface area (Å²) < 4.78 is 0. The molecule has 27 heavy (non-hydrogen) atoms. The number of hydrogen-bond acceptors (Lipinski definition) is 4. The molecule has 1 N–H and O–H groups in total. The number of piperidine rings is 1. The van der Waals surface area contributed by atoms with E-state index in [2.05, 4.69) is 51.4 Å². The second-order valence-corrected chi connectivity index (χ2v) is 9.39. The molecular formula is C23H23NOS2. The Bertz CT molecular complexity index is 909. The summed E-state index contributed by atoms with van der Waals surface area (Å²) in [5, 5.41) is 16.3. The first-order valence-corrected chi connectivity index (χ1v) is 11.4. The van der Waals surface area contributed by atoms with E-state index in [1.807, 2.05) is 23.5 Å². The molecule has 2 bridgehead atoms. The molecule has 2 fully saturated rings. The Morgan fingerprint density at radius 1 is 0.963 bits per heavy atom. The molecule has 0 radical (unpaired) electrons. The van der Waals surface area contributed by atoms with Crippen LogP contribution in [-0.2, 0) is 6.54 Å². The number of hydrogen-bond donors (Lipinski definition) is 1. The van der Waals surface area contributed by atoms with Gasteiger partial charge in [0.05, 0.1) is 0 Å². The fourth-order valence-corrected chi connectivity index (χ4v) is 6.12. The van der Waals surface area contributed by atoms with E-state index >= 15 is 0 Å². The van der Waals surface area contributed by atoms with E-state index in [1.165, 1.54) is 34.4 Å². The summed E-state index contributed by atoms with van der Waals surface area (Å²) >= 11 is 3.63. The second-order valence-electron chi connectivity index (χ2n) is 7.58. The van der Waals surface area contributed by atoms with Crippen LogP contribution in [0, 0.1) is 0 Å². The maximum Gasteiger partial charge on any atom is 0.115 e. The first-order valence-electron chi connectivity index (χ1n) is 9.60. The number of aromatic hydroxyl groups is 1. The molecule has 2 nitrogen and oxygen atoms in total. The predicted molar refractivity (Wildman–Crippen MR) is 114 cm³/mol. The Balaban J connectivity index is 1.49. The minimum Gasteiger partial charge on any atom is -0.508 e. The van der Waals surface area contributed by atoms with Gasteiger partial charge < -0.3 is 5.11 Å². The van der Waals surface area contributed by atoms with E-state index in [4.69, 9.17) is 0 Å². The van der Waals surface area contributed by atoms with Crippen LogP contribution in [0.15, 0.2) is 64.2 Å². The van der Waals surface area contributed by atoms with Crippen LogP contribution in [0.4, 0.5) is 0 Å². The zero-order chi connectivity index (χ0) is 18.2. The summed E-state index contributed by atoms with van der Waals surface area (Å²) in [5.41, 5.74) is 5.54. The molecule has 2 aromatic heterocycles. The number of fused-ring (bicyclic) bond motifs is 2. The standard InChI is InChI=1S/C23H23NOS2/c25-21-7-3-16(4-8-21)23(17-9-11-26-15-17)18-12-19-5-6-20(13-18)24(19)14-22-2-1-10-27-22/h1-4,7-11,15,19-20,25H,5-6,12-14H2. The van der Waals surface area contributed by atoms with Crippen LogP contribution in [0.5, 0.6) is 5.75 Å². The van der Waals surface area contributed by atoms with Crippen LogP contribution in [0.2, 0.25) is 0 Å². The highest BCUT2D eigenvalue weighted by molar-refractivity contribution is 7.09. The molecule has 4 heteroatoms. The normalized spacial score (nSPS) is 22.3. The highest BCUT2D eigenvalue weighted by Crippen LogP contribution is 2.44. The number of phenolic OH excluding ortho intramolecular Hbond substituents is 1. The third-order valence-corrected chi connectivity index (χ3v) is 7.52. The van der Waals surface area contributed by atoms with Gasteiger partial charge in [0.2, 0.25) is 0 Å². The molecule has 2 unspecified atom stereocenters. The maximum absolute atomic E-state index is 9.71. The lowest BCUT2D eigenvalue weighted by Gasteiger charge is -2.37. The minimum atomic E-state index is 0.333. The first kappa shape index (κ1) is 17.2. The topological polar surface area (TPSA) is 23.5 Å². The molecule has 2 aliphatic heterocycles.